The van der Waals surface area contributed by atoms with Gasteiger partial charge in [-0.05, 0) is 68.5 Å². The average molecular weight is 457 g/mol. The van der Waals surface area contributed by atoms with Gasteiger partial charge in [-0.15, -0.1) is 0 Å². The lowest BCUT2D eigenvalue weighted by Gasteiger charge is -2.28. The molecule has 33 heavy (non-hydrogen) atoms. The lowest BCUT2D eigenvalue weighted by atomic mass is 10.1. The lowest BCUT2D eigenvalue weighted by molar-refractivity contribution is 0.0585. The number of aliphatic hydroxyl groups excluding tert-OH is 1. The zero-order chi connectivity index (χ0) is 23.5. The molecule has 1 fully saturated rings. The van der Waals surface area contributed by atoms with Crippen LogP contribution in [0.4, 0.5) is 15.3 Å². The van der Waals surface area contributed by atoms with Gasteiger partial charge in [-0.1, -0.05) is 24.6 Å². The van der Waals surface area contributed by atoms with Crippen molar-refractivity contribution in [2.75, 3.05) is 31.1 Å². The van der Waals surface area contributed by atoms with Gasteiger partial charge in [0.15, 0.2) is 0 Å². The number of rotatable bonds is 10. The minimum absolute atomic E-state index is 0.319. The zero-order valence-corrected chi connectivity index (χ0v) is 18.8. The maximum absolute atomic E-state index is 12.0. The Balaban J connectivity index is 1.34. The molecule has 1 saturated heterocycles. The Morgan fingerprint density at radius 2 is 1.55 bits per heavy atom. The predicted octanol–water partition coefficient (Wildman–Crippen LogP) is 5.12. The molecule has 2 N–H and O–H groups in total. The first-order chi connectivity index (χ1) is 16.0. The molecule has 0 aliphatic carbocycles. The summed E-state index contributed by atoms with van der Waals surface area (Å²) in [6.45, 7) is 1.81. The fourth-order valence-corrected chi connectivity index (χ4v) is 3.68. The number of piperidine rings is 1. The van der Waals surface area contributed by atoms with Crippen LogP contribution >= 0.6 is 0 Å². The van der Waals surface area contributed by atoms with Crippen LogP contribution in [0.25, 0.3) is 0 Å². The molecule has 0 saturated carbocycles. The maximum atomic E-state index is 12.0. The molecule has 178 valence electrons. The summed E-state index contributed by atoms with van der Waals surface area (Å²) in [5, 5.41) is 19.1. The minimum atomic E-state index is -0.993. The molecule has 1 aliphatic heterocycles. The molecule has 0 aromatic heterocycles. The van der Waals surface area contributed by atoms with Crippen molar-refractivity contribution in [3.8, 4) is 11.5 Å². The number of aliphatic hydroxyl groups is 1. The molecule has 0 bridgehead atoms. The Bertz CT molecular complexity index is 866. The molecule has 1 aliphatic rings. The van der Waals surface area contributed by atoms with Crippen molar-refractivity contribution in [2.24, 2.45) is 0 Å². The molecule has 2 aromatic carbocycles. The van der Waals surface area contributed by atoms with Crippen molar-refractivity contribution < 1.29 is 29.3 Å². The smallest absolute Gasteiger partial charge is 0.411 e. The van der Waals surface area contributed by atoms with E-state index < -0.39 is 6.09 Å². The fourth-order valence-electron chi connectivity index (χ4n) is 3.68. The van der Waals surface area contributed by atoms with Crippen molar-refractivity contribution in [1.29, 1.82) is 0 Å². The van der Waals surface area contributed by atoms with Gasteiger partial charge in [-0.3, -0.25) is 4.90 Å². The molecular weight excluding hydrogens is 424 g/mol. The topological polar surface area (TPSA) is 99.5 Å². The Morgan fingerprint density at radius 3 is 2.21 bits per heavy atom. The normalized spacial score (nSPS) is 14.0. The monoisotopic (exact) mass is 456 g/mol. The Morgan fingerprint density at radius 1 is 0.909 bits per heavy atom. The Labute approximate surface area is 194 Å². The van der Waals surface area contributed by atoms with E-state index in [2.05, 4.69) is 0 Å². The second-order valence-corrected chi connectivity index (χ2v) is 8.09. The van der Waals surface area contributed by atoms with E-state index in [1.54, 1.807) is 29.2 Å². The SMILES string of the molecule is O=C(OCCCCCCN(C(=O)O)c1ccc(Oc2ccccc2)cc1)N1CCC(O)CC1. The van der Waals surface area contributed by atoms with Gasteiger partial charge in [-0.2, -0.15) is 0 Å². The molecule has 1 heterocycles. The molecule has 2 amide bonds. The van der Waals surface area contributed by atoms with E-state index in [9.17, 15) is 19.8 Å². The number of anilines is 1. The fraction of sp³-hybridized carbons (Fsp3) is 0.440. The van der Waals surface area contributed by atoms with Crippen LogP contribution in [-0.2, 0) is 4.74 Å². The number of benzene rings is 2. The van der Waals surface area contributed by atoms with E-state index in [1.165, 1.54) is 4.90 Å². The summed E-state index contributed by atoms with van der Waals surface area (Å²) in [4.78, 5) is 26.6. The van der Waals surface area contributed by atoms with E-state index in [1.807, 2.05) is 30.3 Å². The summed E-state index contributed by atoms with van der Waals surface area (Å²) in [5.41, 5.74) is 0.600. The van der Waals surface area contributed by atoms with E-state index >= 15 is 0 Å². The second kappa shape index (κ2) is 12.7. The van der Waals surface area contributed by atoms with Crippen LogP contribution in [0.15, 0.2) is 54.6 Å². The van der Waals surface area contributed by atoms with Gasteiger partial charge < -0.3 is 24.6 Å². The van der Waals surface area contributed by atoms with E-state index in [-0.39, 0.29) is 12.2 Å². The molecule has 0 spiro atoms. The maximum Gasteiger partial charge on any atom is 0.411 e. The number of para-hydroxylation sites is 1. The van der Waals surface area contributed by atoms with Crippen LogP contribution in [0.1, 0.15) is 38.5 Å². The summed E-state index contributed by atoms with van der Waals surface area (Å²) >= 11 is 0. The first-order valence-electron chi connectivity index (χ1n) is 11.5. The van der Waals surface area contributed by atoms with Crippen LogP contribution in [0.2, 0.25) is 0 Å². The van der Waals surface area contributed by atoms with Gasteiger partial charge in [0.05, 0.1) is 12.7 Å². The number of nitrogens with zero attached hydrogens (tertiary/aromatic N) is 2. The second-order valence-electron chi connectivity index (χ2n) is 8.09. The zero-order valence-electron chi connectivity index (χ0n) is 18.8. The van der Waals surface area contributed by atoms with Crippen molar-refractivity contribution in [3.05, 3.63) is 54.6 Å². The van der Waals surface area contributed by atoms with Crippen molar-refractivity contribution in [1.82, 2.24) is 4.90 Å². The van der Waals surface area contributed by atoms with Gasteiger partial charge >= 0.3 is 12.2 Å². The number of hydrogen-bond acceptors (Lipinski definition) is 5. The number of hydrogen-bond donors (Lipinski definition) is 2. The first-order valence-corrected chi connectivity index (χ1v) is 11.5. The van der Waals surface area contributed by atoms with Gasteiger partial charge in [0.2, 0.25) is 0 Å². The van der Waals surface area contributed by atoms with Crippen LogP contribution < -0.4 is 9.64 Å². The highest BCUT2D eigenvalue weighted by atomic mass is 16.6. The van der Waals surface area contributed by atoms with Crippen molar-refractivity contribution in [2.45, 2.75) is 44.6 Å². The van der Waals surface area contributed by atoms with E-state index in [0.717, 1.165) is 25.0 Å². The number of carboxylic acid groups (broad SMARTS) is 1. The number of carbonyl (C=O) groups excluding carboxylic acids is 1. The third kappa shape index (κ3) is 7.98. The van der Waals surface area contributed by atoms with Crippen molar-refractivity contribution in [3.63, 3.8) is 0 Å². The standard InChI is InChI=1S/C25H32N2O6/c28-21-14-17-26(18-15-21)25(31)32-19-7-2-1-6-16-27(24(29)30)20-10-12-23(13-11-20)33-22-8-4-3-5-9-22/h3-5,8-13,21,28H,1-2,6-7,14-19H2,(H,29,30). The summed E-state index contributed by atoms with van der Waals surface area (Å²) < 4.78 is 11.0. The number of amides is 2. The van der Waals surface area contributed by atoms with Crippen molar-refractivity contribution >= 4 is 17.9 Å². The molecule has 8 heteroatoms. The Hall–Kier alpha value is -3.26. The molecular formula is C25H32N2O6. The molecule has 3 rings (SSSR count). The average Bonchev–Trinajstić information content (AvgIpc) is 2.82. The third-order valence-corrected chi connectivity index (χ3v) is 5.58. The number of ether oxygens (including phenoxy) is 2. The van der Waals surface area contributed by atoms with E-state index in [4.69, 9.17) is 9.47 Å². The van der Waals surface area contributed by atoms with Crippen LogP contribution in [0, 0.1) is 0 Å². The number of likely N-dealkylation sites (tertiary alicyclic amines) is 1. The van der Waals surface area contributed by atoms with Gasteiger partial charge in [0.1, 0.15) is 11.5 Å². The quantitative estimate of drug-likeness (QED) is 0.482. The van der Waals surface area contributed by atoms with Gasteiger partial charge in [0, 0.05) is 25.3 Å². The summed E-state index contributed by atoms with van der Waals surface area (Å²) in [6, 6.07) is 16.4. The highest BCUT2D eigenvalue weighted by Crippen LogP contribution is 2.25. The third-order valence-electron chi connectivity index (χ3n) is 5.58. The van der Waals surface area contributed by atoms with E-state index in [0.29, 0.717) is 56.9 Å². The first kappa shape index (κ1) is 24.4. The minimum Gasteiger partial charge on any atom is -0.465 e. The highest BCUT2D eigenvalue weighted by Gasteiger charge is 2.22. The highest BCUT2D eigenvalue weighted by molar-refractivity contribution is 5.86. The van der Waals surface area contributed by atoms with Crippen LogP contribution in [0.3, 0.4) is 0 Å². The largest absolute Gasteiger partial charge is 0.465 e. The molecule has 0 unspecified atom stereocenters. The lowest BCUT2D eigenvalue weighted by Crippen LogP contribution is -2.40. The summed E-state index contributed by atoms with van der Waals surface area (Å²) in [6.07, 6.45) is 2.70. The predicted molar refractivity (Wildman–Crippen MR) is 125 cm³/mol. The number of carbonyl (C=O) groups is 2. The van der Waals surface area contributed by atoms with Crippen LogP contribution in [0.5, 0.6) is 11.5 Å². The molecule has 0 atom stereocenters. The molecule has 0 radical (unpaired) electrons. The number of unbranched alkanes of at least 4 members (excludes halogenated alkanes) is 3. The summed E-state index contributed by atoms with van der Waals surface area (Å²) in [7, 11) is 0. The summed E-state index contributed by atoms with van der Waals surface area (Å²) in [5.74, 6) is 1.37. The van der Waals surface area contributed by atoms with Gasteiger partial charge in [0.25, 0.3) is 0 Å². The van der Waals surface area contributed by atoms with Crippen LogP contribution in [-0.4, -0.2) is 59.6 Å². The Kier molecular flexibility index (Phi) is 9.38. The molecule has 2 aromatic rings. The van der Waals surface area contributed by atoms with Gasteiger partial charge in [-0.25, -0.2) is 9.59 Å². The molecule has 8 nitrogen and oxygen atoms in total.